The van der Waals surface area contributed by atoms with Gasteiger partial charge in [0.15, 0.2) is 0 Å². The van der Waals surface area contributed by atoms with E-state index in [4.69, 9.17) is 9.47 Å². The fraction of sp³-hybridized carbons (Fsp3) is 0.0909. The molecular weight excluding hydrogens is 434 g/mol. The molecule has 29 heavy (non-hydrogen) atoms. The van der Waals surface area contributed by atoms with Crippen molar-refractivity contribution >= 4 is 38.6 Å². The van der Waals surface area contributed by atoms with Gasteiger partial charge < -0.3 is 19.8 Å². The van der Waals surface area contributed by atoms with Crippen LogP contribution in [0.2, 0.25) is 0 Å². The Bertz CT molecular complexity index is 1170. The highest BCUT2D eigenvalue weighted by atomic mass is 79.9. The van der Waals surface area contributed by atoms with Crippen molar-refractivity contribution < 1.29 is 14.3 Å². The first-order valence-corrected chi connectivity index (χ1v) is 9.66. The highest BCUT2D eigenvalue weighted by molar-refractivity contribution is 9.10. The van der Waals surface area contributed by atoms with Crippen molar-refractivity contribution in [1.29, 1.82) is 0 Å². The van der Waals surface area contributed by atoms with Crippen LogP contribution < -0.4 is 14.8 Å². The molecule has 0 unspecified atom stereocenters. The smallest absolute Gasteiger partial charge is 0.255 e. The first-order chi connectivity index (χ1) is 14.1. The van der Waals surface area contributed by atoms with Crippen LogP contribution in [0, 0.1) is 0 Å². The first-order valence-electron chi connectivity index (χ1n) is 8.87. The summed E-state index contributed by atoms with van der Waals surface area (Å²) in [5.74, 6) is 1.68. The second-order valence-electron chi connectivity index (χ2n) is 6.32. The quantitative estimate of drug-likeness (QED) is 0.433. The summed E-state index contributed by atoms with van der Waals surface area (Å²) in [6.07, 6.45) is 0. The molecule has 146 valence electrons. The van der Waals surface area contributed by atoms with E-state index in [0.29, 0.717) is 27.2 Å². The fourth-order valence-electron chi connectivity index (χ4n) is 3.04. The maximum atomic E-state index is 12.8. The molecule has 7 heteroatoms. The van der Waals surface area contributed by atoms with Gasteiger partial charge in [-0.1, -0.05) is 12.1 Å². The molecule has 0 spiro atoms. The number of aromatic amines is 1. The number of hydrogen-bond donors (Lipinski definition) is 2. The molecule has 4 aromatic rings. The predicted molar refractivity (Wildman–Crippen MR) is 117 cm³/mol. The van der Waals surface area contributed by atoms with Gasteiger partial charge >= 0.3 is 0 Å². The van der Waals surface area contributed by atoms with Crippen molar-refractivity contribution in [3.05, 3.63) is 70.7 Å². The van der Waals surface area contributed by atoms with Crippen molar-refractivity contribution in [2.24, 2.45) is 0 Å². The molecular formula is C22H18BrN3O3. The number of amides is 1. The maximum Gasteiger partial charge on any atom is 0.255 e. The molecule has 1 amide bonds. The van der Waals surface area contributed by atoms with Crippen molar-refractivity contribution in [3.63, 3.8) is 0 Å². The molecule has 3 aromatic carbocycles. The van der Waals surface area contributed by atoms with E-state index in [0.717, 1.165) is 22.4 Å². The zero-order valence-corrected chi connectivity index (χ0v) is 17.4. The standard InChI is InChI=1S/C22H18BrN3O3/c1-28-19-9-8-14(11-15(19)23)22(27)26-18-12-13(7-10-20(18)29-2)21-24-16-5-3-4-6-17(16)25-21/h3-12H,1-2H3,(H,24,25)(H,26,27). The monoisotopic (exact) mass is 451 g/mol. The van der Waals surface area contributed by atoms with E-state index in [1.165, 1.54) is 0 Å². The van der Waals surface area contributed by atoms with Gasteiger partial charge in [-0.3, -0.25) is 4.79 Å². The number of rotatable bonds is 5. The summed E-state index contributed by atoms with van der Waals surface area (Å²) in [5, 5.41) is 2.92. The highest BCUT2D eigenvalue weighted by Crippen LogP contribution is 2.31. The van der Waals surface area contributed by atoms with Gasteiger partial charge in [0, 0.05) is 11.1 Å². The molecule has 0 atom stereocenters. The number of para-hydroxylation sites is 2. The number of carbonyl (C=O) groups excluding carboxylic acids is 1. The molecule has 2 N–H and O–H groups in total. The minimum atomic E-state index is -0.256. The number of H-pyrrole nitrogens is 1. The number of ether oxygens (including phenoxy) is 2. The molecule has 6 nitrogen and oxygen atoms in total. The Kier molecular flexibility index (Phi) is 5.22. The van der Waals surface area contributed by atoms with Crippen LogP contribution in [0.1, 0.15) is 10.4 Å². The number of nitrogens with zero attached hydrogens (tertiary/aromatic N) is 1. The third kappa shape index (κ3) is 3.82. The van der Waals surface area contributed by atoms with Crippen LogP contribution in [0.4, 0.5) is 5.69 Å². The number of hydrogen-bond acceptors (Lipinski definition) is 4. The average molecular weight is 452 g/mol. The molecule has 0 fully saturated rings. The zero-order valence-electron chi connectivity index (χ0n) is 15.8. The number of anilines is 1. The van der Waals surface area contributed by atoms with E-state index in [1.807, 2.05) is 42.5 Å². The van der Waals surface area contributed by atoms with Gasteiger partial charge in [-0.15, -0.1) is 0 Å². The molecule has 1 heterocycles. The minimum absolute atomic E-state index is 0.256. The van der Waals surface area contributed by atoms with E-state index in [1.54, 1.807) is 32.4 Å². The Hall–Kier alpha value is -3.32. The van der Waals surface area contributed by atoms with E-state index in [2.05, 4.69) is 31.2 Å². The molecule has 0 radical (unpaired) electrons. The Morgan fingerprint density at radius 2 is 1.76 bits per heavy atom. The SMILES string of the molecule is COc1ccc(C(=O)Nc2cc(-c3nc4ccccc4[nH]3)ccc2OC)cc1Br. The van der Waals surface area contributed by atoms with Gasteiger partial charge in [0.25, 0.3) is 5.91 Å². The maximum absolute atomic E-state index is 12.8. The van der Waals surface area contributed by atoms with Crippen LogP contribution in [0.3, 0.4) is 0 Å². The normalized spacial score (nSPS) is 10.7. The predicted octanol–water partition coefficient (Wildman–Crippen LogP) is 5.26. The number of methoxy groups -OCH3 is 2. The van der Waals surface area contributed by atoms with Crippen LogP contribution in [0.15, 0.2) is 65.1 Å². The highest BCUT2D eigenvalue weighted by Gasteiger charge is 2.14. The molecule has 0 bridgehead atoms. The van der Waals surface area contributed by atoms with Crippen molar-refractivity contribution in [2.45, 2.75) is 0 Å². The van der Waals surface area contributed by atoms with Gasteiger partial charge in [-0.25, -0.2) is 4.98 Å². The van der Waals surface area contributed by atoms with E-state index in [9.17, 15) is 4.79 Å². The second-order valence-corrected chi connectivity index (χ2v) is 7.18. The Labute approximate surface area is 176 Å². The summed E-state index contributed by atoms with van der Waals surface area (Å²) in [6, 6.07) is 18.5. The first kappa shape index (κ1) is 19.0. The Morgan fingerprint density at radius 3 is 2.48 bits per heavy atom. The second kappa shape index (κ2) is 7.97. The third-order valence-corrected chi connectivity index (χ3v) is 5.14. The summed E-state index contributed by atoms with van der Waals surface area (Å²) >= 11 is 3.41. The Morgan fingerprint density at radius 1 is 1.00 bits per heavy atom. The largest absolute Gasteiger partial charge is 0.496 e. The number of benzene rings is 3. The van der Waals surface area contributed by atoms with Gasteiger partial charge in [0.1, 0.15) is 17.3 Å². The molecule has 0 saturated heterocycles. The topological polar surface area (TPSA) is 76.2 Å². The summed E-state index contributed by atoms with van der Waals surface area (Å²) in [5.41, 5.74) is 3.73. The van der Waals surface area contributed by atoms with E-state index < -0.39 is 0 Å². The zero-order chi connectivity index (χ0) is 20.4. The number of carbonyl (C=O) groups is 1. The van der Waals surface area contributed by atoms with Crippen LogP contribution >= 0.6 is 15.9 Å². The molecule has 4 rings (SSSR count). The number of fused-ring (bicyclic) bond motifs is 1. The average Bonchev–Trinajstić information content (AvgIpc) is 3.18. The lowest BCUT2D eigenvalue weighted by molar-refractivity contribution is 0.102. The summed E-state index contributed by atoms with van der Waals surface area (Å²) in [6.45, 7) is 0. The van der Waals surface area contributed by atoms with Crippen LogP contribution in [-0.2, 0) is 0 Å². The fourth-order valence-corrected chi connectivity index (χ4v) is 3.59. The van der Waals surface area contributed by atoms with E-state index in [-0.39, 0.29) is 5.91 Å². The van der Waals surface area contributed by atoms with E-state index >= 15 is 0 Å². The molecule has 0 aliphatic carbocycles. The lowest BCUT2D eigenvalue weighted by Gasteiger charge is -2.12. The third-order valence-electron chi connectivity index (χ3n) is 4.52. The Balaban J connectivity index is 1.66. The lowest BCUT2D eigenvalue weighted by Crippen LogP contribution is -2.13. The number of nitrogens with one attached hydrogen (secondary N) is 2. The number of imidazole rings is 1. The van der Waals surface area contributed by atoms with Crippen LogP contribution in [-0.4, -0.2) is 30.1 Å². The van der Waals surface area contributed by atoms with Crippen molar-refractivity contribution in [3.8, 4) is 22.9 Å². The van der Waals surface area contributed by atoms with Gasteiger partial charge in [0.05, 0.1) is 35.4 Å². The van der Waals surface area contributed by atoms with Gasteiger partial charge in [0.2, 0.25) is 0 Å². The lowest BCUT2D eigenvalue weighted by atomic mass is 10.1. The van der Waals surface area contributed by atoms with Crippen molar-refractivity contribution in [2.75, 3.05) is 19.5 Å². The summed E-state index contributed by atoms with van der Waals surface area (Å²) in [7, 11) is 3.14. The molecule has 0 aliphatic rings. The summed E-state index contributed by atoms with van der Waals surface area (Å²) in [4.78, 5) is 20.7. The molecule has 1 aromatic heterocycles. The van der Waals surface area contributed by atoms with Gasteiger partial charge in [-0.05, 0) is 64.5 Å². The van der Waals surface area contributed by atoms with Crippen LogP contribution in [0.25, 0.3) is 22.4 Å². The minimum Gasteiger partial charge on any atom is -0.496 e. The molecule has 0 saturated carbocycles. The number of aromatic nitrogens is 2. The summed E-state index contributed by atoms with van der Waals surface area (Å²) < 4.78 is 11.3. The van der Waals surface area contributed by atoms with Crippen LogP contribution in [0.5, 0.6) is 11.5 Å². The molecule has 0 aliphatic heterocycles. The van der Waals surface area contributed by atoms with Gasteiger partial charge in [-0.2, -0.15) is 0 Å². The van der Waals surface area contributed by atoms with Crippen molar-refractivity contribution in [1.82, 2.24) is 9.97 Å². The number of halogens is 1.